The summed E-state index contributed by atoms with van der Waals surface area (Å²) < 4.78 is 14.4. The Kier molecular flexibility index (Phi) is 4.87. The normalized spacial score (nSPS) is 11.9. The summed E-state index contributed by atoms with van der Waals surface area (Å²) in [5.41, 5.74) is 0.701. The summed E-state index contributed by atoms with van der Waals surface area (Å²) in [7, 11) is 0. The number of carbonyl (C=O) groups excluding carboxylic acids is 1. The zero-order valence-electron chi connectivity index (χ0n) is 10.5. The van der Waals surface area contributed by atoms with Crippen molar-refractivity contribution in [1.29, 1.82) is 0 Å². The minimum atomic E-state index is -0.587. The number of hydrogen-bond acceptors (Lipinski definition) is 2. The van der Waals surface area contributed by atoms with Gasteiger partial charge in [0, 0.05) is 4.47 Å². The predicted octanol–water partition coefficient (Wildman–Crippen LogP) is 3.05. The number of rotatable bonds is 4. The van der Waals surface area contributed by atoms with E-state index in [4.69, 9.17) is 0 Å². The lowest BCUT2D eigenvalue weighted by Crippen LogP contribution is -2.31. The van der Waals surface area contributed by atoms with E-state index in [1.54, 1.807) is 24.3 Å². The quantitative estimate of drug-likeness (QED) is 0.900. The Bertz CT molecular complexity index is 618. The first-order chi connectivity index (χ1) is 9.61. The summed E-state index contributed by atoms with van der Waals surface area (Å²) in [6, 6.07) is 12.4. The van der Waals surface area contributed by atoms with Crippen LogP contribution in [0.2, 0.25) is 0 Å². The maximum Gasteiger partial charge on any atom is 0.254 e. The maximum absolute atomic E-state index is 13.5. The molecule has 2 rings (SSSR count). The van der Waals surface area contributed by atoms with Crippen LogP contribution in [0.3, 0.4) is 0 Å². The second-order valence-corrected chi connectivity index (χ2v) is 5.16. The number of aliphatic hydroxyl groups is 1. The van der Waals surface area contributed by atoms with E-state index in [9.17, 15) is 14.3 Å². The van der Waals surface area contributed by atoms with Gasteiger partial charge >= 0.3 is 0 Å². The minimum absolute atomic E-state index is 0.0408. The van der Waals surface area contributed by atoms with Crippen LogP contribution in [-0.2, 0) is 0 Å². The molecule has 5 heteroatoms. The largest absolute Gasteiger partial charge is 0.394 e. The number of hydrogen-bond donors (Lipinski definition) is 2. The fourth-order valence-electron chi connectivity index (χ4n) is 1.84. The van der Waals surface area contributed by atoms with E-state index in [0.717, 1.165) is 10.0 Å². The van der Waals surface area contributed by atoms with Gasteiger partial charge in [0.05, 0.1) is 18.2 Å². The molecule has 0 fully saturated rings. The topological polar surface area (TPSA) is 49.3 Å². The molecule has 0 aliphatic rings. The highest BCUT2D eigenvalue weighted by Crippen LogP contribution is 2.19. The molecule has 0 aliphatic heterocycles. The molecule has 1 amide bonds. The van der Waals surface area contributed by atoms with E-state index < -0.39 is 17.8 Å². The van der Waals surface area contributed by atoms with Crippen molar-refractivity contribution in [2.24, 2.45) is 0 Å². The van der Waals surface area contributed by atoms with Crippen molar-refractivity contribution in [2.75, 3.05) is 6.61 Å². The van der Waals surface area contributed by atoms with Crippen molar-refractivity contribution < 1.29 is 14.3 Å². The molecule has 0 saturated heterocycles. The molecule has 1 atom stereocenters. The number of halogens is 2. The monoisotopic (exact) mass is 337 g/mol. The number of amides is 1. The standard InChI is InChI=1S/C15H13BrFNO2/c16-11-5-3-4-10(8-11)14(9-19)18-15(20)12-6-1-2-7-13(12)17/h1-8,14,19H,9H2,(H,18,20). The van der Waals surface area contributed by atoms with Crippen LogP contribution in [-0.4, -0.2) is 17.6 Å². The van der Waals surface area contributed by atoms with Crippen LogP contribution in [0.4, 0.5) is 4.39 Å². The molecule has 0 spiro atoms. The SMILES string of the molecule is O=C(NC(CO)c1cccc(Br)c1)c1ccccc1F. The highest BCUT2D eigenvalue weighted by Gasteiger charge is 2.17. The van der Waals surface area contributed by atoms with Crippen molar-refractivity contribution in [1.82, 2.24) is 5.32 Å². The Labute approximate surface area is 124 Å². The molecule has 0 saturated carbocycles. The van der Waals surface area contributed by atoms with Gasteiger partial charge in [0.2, 0.25) is 0 Å². The third-order valence-corrected chi connectivity index (χ3v) is 3.35. The van der Waals surface area contributed by atoms with Gasteiger partial charge in [-0.25, -0.2) is 4.39 Å². The molecule has 2 N–H and O–H groups in total. The molecule has 0 aliphatic carbocycles. The van der Waals surface area contributed by atoms with Crippen molar-refractivity contribution in [3.8, 4) is 0 Å². The molecular weight excluding hydrogens is 325 g/mol. The lowest BCUT2D eigenvalue weighted by Gasteiger charge is -2.17. The van der Waals surface area contributed by atoms with Crippen LogP contribution in [0.1, 0.15) is 22.0 Å². The molecule has 0 heterocycles. The van der Waals surface area contributed by atoms with Gasteiger partial charge in [-0.15, -0.1) is 0 Å². The van der Waals surface area contributed by atoms with Crippen LogP contribution >= 0.6 is 15.9 Å². The average Bonchev–Trinajstić information content (AvgIpc) is 2.45. The zero-order chi connectivity index (χ0) is 14.5. The molecule has 2 aromatic rings. The Morgan fingerprint density at radius 1 is 1.25 bits per heavy atom. The van der Waals surface area contributed by atoms with Crippen molar-refractivity contribution in [3.63, 3.8) is 0 Å². The second kappa shape index (κ2) is 6.63. The Balaban J connectivity index is 2.19. The third-order valence-electron chi connectivity index (χ3n) is 2.86. The molecule has 2 aromatic carbocycles. The molecule has 3 nitrogen and oxygen atoms in total. The fraction of sp³-hybridized carbons (Fsp3) is 0.133. The van der Waals surface area contributed by atoms with E-state index >= 15 is 0 Å². The summed E-state index contributed by atoms with van der Waals surface area (Å²) in [5.74, 6) is -1.14. The van der Waals surface area contributed by atoms with E-state index in [2.05, 4.69) is 21.2 Å². The molecule has 1 unspecified atom stereocenters. The first-order valence-electron chi connectivity index (χ1n) is 6.03. The van der Waals surface area contributed by atoms with Gasteiger partial charge in [0.15, 0.2) is 0 Å². The predicted molar refractivity (Wildman–Crippen MR) is 77.8 cm³/mol. The first kappa shape index (κ1) is 14.7. The fourth-order valence-corrected chi connectivity index (χ4v) is 2.26. The van der Waals surface area contributed by atoms with Gasteiger partial charge in [0.1, 0.15) is 5.82 Å². The van der Waals surface area contributed by atoms with Crippen molar-refractivity contribution >= 4 is 21.8 Å². The van der Waals surface area contributed by atoms with E-state index in [1.165, 1.54) is 18.2 Å². The molecule has 20 heavy (non-hydrogen) atoms. The molecular formula is C15H13BrFNO2. The van der Waals surface area contributed by atoms with Crippen LogP contribution in [0.25, 0.3) is 0 Å². The first-order valence-corrected chi connectivity index (χ1v) is 6.83. The van der Waals surface area contributed by atoms with Crippen LogP contribution in [0, 0.1) is 5.82 Å². The maximum atomic E-state index is 13.5. The molecule has 104 valence electrons. The summed E-state index contributed by atoms with van der Waals surface area (Å²) in [4.78, 5) is 12.0. The van der Waals surface area contributed by atoms with Gasteiger partial charge < -0.3 is 10.4 Å². The van der Waals surface area contributed by atoms with Crippen molar-refractivity contribution in [2.45, 2.75) is 6.04 Å². The van der Waals surface area contributed by atoms with Crippen molar-refractivity contribution in [3.05, 3.63) is 69.9 Å². The molecule has 0 bridgehead atoms. The second-order valence-electron chi connectivity index (χ2n) is 4.24. The Morgan fingerprint density at radius 2 is 2.00 bits per heavy atom. The lowest BCUT2D eigenvalue weighted by molar-refractivity contribution is 0.0912. The van der Waals surface area contributed by atoms with Crippen LogP contribution in [0.15, 0.2) is 53.0 Å². The summed E-state index contributed by atoms with van der Waals surface area (Å²) >= 11 is 3.33. The van der Waals surface area contributed by atoms with Gasteiger partial charge in [-0.05, 0) is 29.8 Å². The lowest BCUT2D eigenvalue weighted by atomic mass is 10.1. The molecule has 0 aromatic heterocycles. The van der Waals surface area contributed by atoms with Gasteiger partial charge in [-0.2, -0.15) is 0 Å². The van der Waals surface area contributed by atoms with E-state index in [1.807, 2.05) is 6.07 Å². The highest BCUT2D eigenvalue weighted by molar-refractivity contribution is 9.10. The Hall–Kier alpha value is -1.72. The van der Waals surface area contributed by atoms with Gasteiger partial charge in [-0.1, -0.05) is 40.2 Å². The molecule has 0 radical (unpaired) electrons. The van der Waals surface area contributed by atoms with E-state index in [-0.39, 0.29) is 12.2 Å². The highest BCUT2D eigenvalue weighted by atomic mass is 79.9. The van der Waals surface area contributed by atoms with Crippen LogP contribution < -0.4 is 5.32 Å². The number of benzene rings is 2. The minimum Gasteiger partial charge on any atom is -0.394 e. The summed E-state index contributed by atoms with van der Waals surface area (Å²) in [5, 5.41) is 12.0. The van der Waals surface area contributed by atoms with Gasteiger partial charge in [0.25, 0.3) is 5.91 Å². The summed E-state index contributed by atoms with van der Waals surface area (Å²) in [6.07, 6.45) is 0. The number of nitrogens with one attached hydrogen (secondary N) is 1. The number of aliphatic hydroxyl groups excluding tert-OH is 1. The average molecular weight is 338 g/mol. The Morgan fingerprint density at radius 3 is 2.65 bits per heavy atom. The third kappa shape index (κ3) is 3.43. The smallest absolute Gasteiger partial charge is 0.254 e. The summed E-state index contributed by atoms with van der Waals surface area (Å²) in [6.45, 7) is -0.267. The zero-order valence-corrected chi connectivity index (χ0v) is 12.1. The van der Waals surface area contributed by atoms with Gasteiger partial charge in [-0.3, -0.25) is 4.79 Å². The van der Waals surface area contributed by atoms with Crippen LogP contribution in [0.5, 0.6) is 0 Å². The number of carbonyl (C=O) groups is 1. The van der Waals surface area contributed by atoms with E-state index in [0.29, 0.717) is 0 Å².